The molecule has 0 fully saturated rings. The second-order valence-electron chi connectivity index (χ2n) is 8.79. The number of hydrogen-bond acceptors (Lipinski definition) is 5. The Labute approximate surface area is 206 Å². The number of carbonyl (C=O) groups excluding carboxylic acids is 1. The van der Waals surface area contributed by atoms with Gasteiger partial charge in [0.25, 0.3) is 5.56 Å². The monoisotopic (exact) mass is 497 g/mol. The lowest BCUT2D eigenvalue weighted by Crippen LogP contribution is -2.38. The number of esters is 1. The van der Waals surface area contributed by atoms with Gasteiger partial charge in [0.05, 0.1) is 16.8 Å². The van der Waals surface area contributed by atoms with E-state index in [9.17, 15) is 22.8 Å². The maximum Gasteiger partial charge on any atom is 0.416 e. The number of nitrogens with zero attached hydrogens (tertiary/aromatic N) is 2. The van der Waals surface area contributed by atoms with Gasteiger partial charge in [-0.1, -0.05) is 48.5 Å². The van der Waals surface area contributed by atoms with E-state index in [4.69, 9.17) is 4.74 Å². The van der Waals surface area contributed by atoms with Crippen LogP contribution < -0.4 is 5.56 Å². The van der Waals surface area contributed by atoms with Gasteiger partial charge >= 0.3 is 12.1 Å². The van der Waals surface area contributed by atoms with Gasteiger partial charge in [-0.05, 0) is 37.2 Å². The normalized spacial score (nSPS) is 17.4. The number of benzene rings is 2. The number of rotatable bonds is 7. The fraction of sp³-hybridized carbons (Fsp3) is 0.296. The summed E-state index contributed by atoms with van der Waals surface area (Å²) in [5.74, 6) is -3.10. The summed E-state index contributed by atoms with van der Waals surface area (Å²) in [6, 6.07) is 16.3. The first-order valence-electron chi connectivity index (χ1n) is 11.5. The first-order chi connectivity index (χ1) is 17.2. The smallest absolute Gasteiger partial charge is 0.416 e. The van der Waals surface area contributed by atoms with Crippen LogP contribution in [0.1, 0.15) is 35.1 Å². The van der Waals surface area contributed by atoms with E-state index in [-0.39, 0.29) is 29.1 Å². The lowest BCUT2D eigenvalue weighted by Gasteiger charge is -2.32. The SMILES string of the molecule is CC1=Nc2cc[nH]c(=O)c2C(c2ccccc2C(F)(F)F)C1C(=O)OCCN(C)Cc1ccccc1. The highest BCUT2D eigenvalue weighted by atomic mass is 19.4. The predicted molar refractivity (Wildman–Crippen MR) is 130 cm³/mol. The Kier molecular flexibility index (Phi) is 7.40. The zero-order valence-corrected chi connectivity index (χ0v) is 19.9. The molecule has 0 saturated heterocycles. The van der Waals surface area contributed by atoms with Gasteiger partial charge in [0.15, 0.2) is 0 Å². The number of hydrogen-bond donors (Lipinski definition) is 1. The number of aliphatic imine (C=N–C) groups is 1. The zero-order valence-electron chi connectivity index (χ0n) is 19.9. The molecule has 188 valence electrons. The minimum absolute atomic E-state index is 0.0166. The van der Waals surface area contributed by atoms with Crippen molar-refractivity contribution in [2.24, 2.45) is 10.9 Å². The topological polar surface area (TPSA) is 74.8 Å². The van der Waals surface area contributed by atoms with E-state index in [0.29, 0.717) is 13.1 Å². The van der Waals surface area contributed by atoms with Crippen LogP contribution in [0.25, 0.3) is 0 Å². The average molecular weight is 498 g/mol. The molecule has 9 heteroatoms. The Bertz CT molecular complexity index is 1320. The van der Waals surface area contributed by atoms with Gasteiger partial charge in [-0.25, -0.2) is 0 Å². The summed E-state index contributed by atoms with van der Waals surface area (Å²) in [7, 11) is 1.88. The van der Waals surface area contributed by atoms with Crippen LogP contribution in [0.4, 0.5) is 18.9 Å². The van der Waals surface area contributed by atoms with Crippen LogP contribution >= 0.6 is 0 Å². The van der Waals surface area contributed by atoms with Gasteiger partial charge in [0.1, 0.15) is 12.5 Å². The third kappa shape index (κ3) is 5.41. The summed E-state index contributed by atoms with van der Waals surface area (Å²) in [6.07, 6.45) is -3.29. The van der Waals surface area contributed by atoms with Crippen molar-refractivity contribution in [3.63, 3.8) is 0 Å². The molecule has 1 aliphatic heterocycles. The standard InChI is InChI=1S/C27H26F3N3O3/c1-17-22(26(35)36-15-14-33(2)16-18-8-4-3-5-9-18)23(24-21(32-17)12-13-31-25(24)34)19-10-6-7-11-20(19)27(28,29)30/h3-13,22-23H,14-16H2,1-2H3,(H,31,34). The summed E-state index contributed by atoms with van der Waals surface area (Å²) in [5, 5.41) is 0. The third-order valence-corrected chi connectivity index (χ3v) is 6.24. The van der Waals surface area contributed by atoms with Crippen LogP contribution in [0.3, 0.4) is 0 Å². The Balaban J connectivity index is 1.62. The van der Waals surface area contributed by atoms with Crippen molar-refractivity contribution in [2.45, 2.75) is 25.6 Å². The number of pyridine rings is 1. The molecule has 1 aliphatic rings. The minimum Gasteiger partial charge on any atom is -0.464 e. The highest BCUT2D eigenvalue weighted by Gasteiger charge is 2.44. The number of nitrogens with one attached hydrogen (secondary N) is 1. The maximum absolute atomic E-state index is 13.9. The Morgan fingerprint density at radius 3 is 2.50 bits per heavy atom. The van der Waals surface area contributed by atoms with E-state index in [1.54, 1.807) is 6.92 Å². The quantitative estimate of drug-likeness (QED) is 0.470. The molecule has 6 nitrogen and oxygen atoms in total. The van der Waals surface area contributed by atoms with E-state index >= 15 is 0 Å². The summed E-state index contributed by atoms with van der Waals surface area (Å²) >= 11 is 0. The van der Waals surface area contributed by atoms with Crippen LogP contribution in [0.2, 0.25) is 0 Å². The van der Waals surface area contributed by atoms with Gasteiger partial charge in [0, 0.05) is 30.9 Å². The number of aromatic amines is 1. The van der Waals surface area contributed by atoms with Crippen molar-refractivity contribution in [3.8, 4) is 0 Å². The molecule has 0 amide bonds. The fourth-order valence-electron chi connectivity index (χ4n) is 4.58. The van der Waals surface area contributed by atoms with E-state index in [1.807, 2.05) is 42.3 Å². The van der Waals surface area contributed by atoms with Gasteiger partial charge in [-0.3, -0.25) is 19.5 Å². The maximum atomic E-state index is 13.9. The van der Waals surface area contributed by atoms with Crippen molar-refractivity contribution in [1.29, 1.82) is 0 Å². The van der Waals surface area contributed by atoms with Crippen molar-refractivity contribution in [2.75, 3.05) is 20.2 Å². The molecule has 2 atom stereocenters. The number of alkyl halides is 3. The molecule has 0 aliphatic carbocycles. The van der Waals surface area contributed by atoms with Crippen molar-refractivity contribution < 1.29 is 22.7 Å². The molecule has 0 bridgehead atoms. The number of aromatic nitrogens is 1. The van der Waals surface area contributed by atoms with Crippen molar-refractivity contribution in [3.05, 3.63) is 99.5 Å². The number of halogens is 3. The molecule has 2 aromatic carbocycles. The molecule has 0 saturated carbocycles. The highest BCUT2D eigenvalue weighted by molar-refractivity contribution is 6.05. The number of carbonyl (C=O) groups is 1. The van der Waals surface area contributed by atoms with E-state index in [1.165, 1.54) is 30.5 Å². The Morgan fingerprint density at radius 1 is 1.08 bits per heavy atom. The zero-order chi connectivity index (χ0) is 25.9. The van der Waals surface area contributed by atoms with Crippen LogP contribution in [0.15, 0.2) is 76.6 Å². The molecule has 36 heavy (non-hydrogen) atoms. The van der Waals surface area contributed by atoms with Gasteiger partial charge < -0.3 is 9.72 Å². The third-order valence-electron chi connectivity index (χ3n) is 6.24. The summed E-state index contributed by atoms with van der Waals surface area (Å²) in [6.45, 7) is 2.68. The Morgan fingerprint density at radius 2 is 1.78 bits per heavy atom. The van der Waals surface area contributed by atoms with E-state index < -0.39 is 35.1 Å². The molecular weight excluding hydrogens is 471 g/mol. The van der Waals surface area contributed by atoms with E-state index in [2.05, 4.69) is 9.98 Å². The van der Waals surface area contributed by atoms with Crippen molar-refractivity contribution >= 4 is 17.4 Å². The number of H-pyrrole nitrogens is 1. The Hall–Kier alpha value is -3.72. The molecule has 0 spiro atoms. The number of likely N-dealkylation sites (N-methyl/N-ethyl adjacent to an activating group) is 1. The molecular formula is C27H26F3N3O3. The largest absolute Gasteiger partial charge is 0.464 e. The van der Waals surface area contributed by atoms with Crippen LogP contribution in [0, 0.1) is 5.92 Å². The highest BCUT2D eigenvalue weighted by Crippen LogP contribution is 2.45. The van der Waals surface area contributed by atoms with Gasteiger partial charge in [-0.2, -0.15) is 13.2 Å². The minimum atomic E-state index is -4.67. The number of ether oxygens (including phenoxy) is 1. The molecule has 1 aromatic heterocycles. The molecule has 2 heterocycles. The molecule has 4 rings (SSSR count). The lowest BCUT2D eigenvalue weighted by atomic mass is 9.75. The first-order valence-corrected chi connectivity index (χ1v) is 11.5. The molecule has 2 unspecified atom stereocenters. The molecule has 0 radical (unpaired) electrons. The van der Waals surface area contributed by atoms with Crippen LogP contribution in [-0.4, -0.2) is 41.8 Å². The molecule has 1 N–H and O–H groups in total. The average Bonchev–Trinajstić information content (AvgIpc) is 2.83. The summed E-state index contributed by atoms with van der Waals surface area (Å²) in [5.41, 5.74) is -0.0162. The van der Waals surface area contributed by atoms with Gasteiger partial charge in [0.2, 0.25) is 0 Å². The van der Waals surface area contributed by atoms with E-state index in [0.717, 1.165) is 11.6 Å². The summed E-state index contributed by atoms with van der Waals surface area (Å²) < 4.78 is 47.4. The second-order valence-corrected chi connectivity index (χ2v) is 8.79. The first kappa shape index (κ1) is 25.4. The van der Waals surface area contributed by atoms with Crippen LogP contribution in [0.5, 0.6) is 0 Å². The second kappa shape index (κ2) is 10.5. The lowest BCUT2D eigenvalue weighted by molar-refractivity contribution is -0.147. The number of fused-ring (bicyclic) bond motifs is 1. The predicted octanol–water partition coefficient (Wildman–Crippen LogP) is 4.92. The van der Waals surface area contributed by atoms with Crippen LogP contribution in [-0.2, 0) is 22.3 Å². The van der Waals surface area contributed by atoms with Gasteiger partial charge in [-0.15, -0.1) is 0 Å². The summed E-state index contributed by atoms with van der Waals surface area (Å²) in [4.78, 5) is 35.0. The fourth-order valence-corrected chi connectivity index (χ4v) is 4.58. The van der Waals surface area contributed by atoms with Crippen molar-refractivity contribution in [1.82, 2.24) is 9.88 Å². The molecule has 3 aromatic rings.